The van der Waals surface area contributed by atoms with Crippen molar-refractivity contribution in [3.8, 4) is 0 Å². The fraction of sp³-hybridized carbons (Fsp3) is 0.611. The molecule has 22 heavy (non-hydrogen) atoms. The number of thioether (sulfide) groups is 1. The van der Waals surface area contributed by atoms with E-state index in [0.29, 0.717) is 5.92 Å². The van der Waals surface area contributed by atoms with E-state index in [2.05, 4.69) is 38.7 Å². The van der Waals surface area contributed by atoms with Crippen LogP contribution in [0.15, 0.2) is 35.2 Å². The fourth-order valence-corrected chi connectivity index (χ4v) is 3.60. The van der Waals surface area contributed by atoms with Crippen molar-refractivity contribution in [1.82, 2.24) is 10.2 Å². The molecule has 1 amide bonds. The number of nitrogens with zero attached hydrogens (tertiary/aromatic N) is 1. The quantitative estimate of drug-likeness (QED) is 0.668. The number of carbonyl (C=O) groups is 1. The molecule has 3 nitrogen and oxygen atoms in total. The number of nitrogens with one attached hydrogen (secondary N) is 1. The smallest absolute Gasteiger partial charge is 0.223 e. The predicted molar refractivity (Wildman–Crippen MR) is 97.2 cm³/mol. The van der Waals surface area contributed by atoms with Crippen molar-refractivity contribution in [3.05, 3.63) is 35.2 Å². The first-order valence-corrected chi connectivity index (χ1v) is 9.05. The van der Waals surface area contributed by atoms with Crippen molar-refractivity contribution in [2.45, 2.75) is 47.5 Å². The second-order valence-corrected chi connectivity index (χ2v) is 7.63. The number of allylic oxidation sites excluding steroid dienone is 3. The van der Waals surface area contributed by atoms with Crippen molar-refractivity contribution in [1.29, 1.82) is 0 Å². The Balaban J connectivity index is 3.03. The highest BCUT2D eigenvalue weighted by atomic mass is 32.2. The molecule has 0 saturated heterocycles. The first-order valence-electron chi connectivity index (χ1n) is 8.06. The summed E-state index contributed by atoms with van der Waals surface area (Å²) in [5.74, 6) is 2.55. The Hall–Kier alpha value is -1.16. The van der Waals surface area contributed by atoms with Crippen LogP contribution in [0.4, 0.5) is 0 Å². The van der Waals surface area contributed by atoms with Crippen molar-refractivity contribution in [2.75, 3.05) is 12.3 Å². The minimum atomic E-state index is 0.102. The molecule has 1 aliphatic carbocycles. The van der Waals surface area contributed by atoms with Gasteiger partial charge in [0.05, 0.1) is 5.70 Å². The number of hydrogen-bond acceptors (Lipinski definition) is 3. The van der Waals surface area contributed by atoms with Crippen LogP contribution in [-0.2, 0) is 4.79 Å². The molecule has 0 aromatic heterocycles. The topological polar surface area (TPSA) is 32.3 Å². The maximum Gasteiger partial charge on any atom is 0.223 e. The molecule has 1 saturated carbocycles. The van der Waals surface area contributed by atoms with Gasteiger partial charge in [-0.3, -0.25) is 4.79 Å². The molecule has 0 spiro atoms. The van der Waals surface area contributed by atoms with Crippen molar-refractivity contribution >= 4 is 17.7 Å². The van der Waals surface area contributed by atoms with Gasteiger partial charge in [0.15, 0.2) is 0 Å². The van der Waals surface area contributed by atoms with Gasteiger partial charge in [-0.05, 0) is 61.5 Å². The van der Waals surface area contributed by atoms with E-state index in [1.807, 2.05) is 11.8 Å². The molecular weight excluding hydrogens is 292 g/mol. The van der Waals surface area contributed by atoms with E-state index < -0.39 is 0 Å². The Morgan fingerprint density at radius 3 is 2.45 bits per heavy atom. The Morgan fingerprint density at radius 1 is 1.36 bits per heavy atom. The molecule has 0 atom stereocenters. The lowest BCUT2D eigenvalue weighted by Crippen LogP contribution is -2.38. The molecular formula is C18H30N2OS. The zero-order chi connectivity index (χ0) is 16.7. The summed E-state index contributed by atoms with van der Waals surface area (Å²) < 4.78 is 0. The first-order chi connectivity index (χ1) is 10.4. The Kier molecular flexibility index (Phi) is 7.80. The van der Waals surface area contributed by atoms with E-state index in [1.54, 1.807) is 24.9 Å². The van der Waals surface area contributed by atoms with Gasteiger partial charge in [-0.2, -0.15) is 0 Å². The molecule has 0 bridgehead atoms. The first kappa shape index (κ1) is 18.9. The summed E-state index contributed by atoms with van der Waals surface area (Å²) in [4.78, 5) is 15.3. The largest absolute Gasteiger partial charge is 0.364 e. The molecule has 0 unspecified atom stereocenters. The molecule has 0 aromatic carbocycles. The van der Waals surface area contributed by atoms with Crippen molar-refractivity contribution < 1.29 is 4.79 Å². The Bertz CT molecular complexity index is 462. The van der Waals surface area contributed by atoms with Crippen LogP contribution in [-0.4, -0.2) is 23.1 Å². The molecule has 1 N–H and O–H groups in total. The van der Waals surface area contributed by atoms with Crippen LogP contribution in [0.25, 0.3) is 0 Å². The van der Waals surface area contributed by atoms with Crippen molar-refractivity contribution in [2.24, 2.45) is 11.8 Å². The van der Waals surface area contributed by atoms with Gasteiger partial charge < -0.3 is 10.2 Å². The third-order valence-electron chi connectivity index (χ3n) is 4.00. The number of amides is 1. The fourth-order valence-electron chi connectivity index (χ4n) is 2.95. The normalized spacial score (nSPS) is 22.5. The van der Waals surface area contributed by atoms with Crippen LogP contribution in [0.2, 0.25) is 0 Å². The van der Waals surface area contributed by atoms with Crippen LogP contribution >= 0.6 is 11.8 Å². The van der Waals surface area contributed by atoms with Gasteiger partial charge in [0, 0.05) is 19.2 Å². The molecule has 0 heterocycles. The van der Waals surface area contributed by atoms with E-state index in [9.17, 15) is 4.79 Å². The highest BCUT2D eigenvalue weighted by molar-refractivity contribution is 8.03. The second-order valence-electron chi connectivity index (χ2n) is 6.12. The van der Waals surface area contributed by atoms with Crippen LogP contribution in [0.3, 0.4) is 0 Å². The number of rotatable bonds is 8. The highest BCUT2D eigenvalue weighted by Gasteiger charge is 2.29. The predicted octanol–water partition coefficient (Wildman–Crippen LogP) is 4.50. The third-order valence-corrected chi connectivity index (χ3v) is 4.86. The van der Waals surface area contributed by atoms with E-state index in [0.717, 1.165) is 29.6 Å². The minimum absolute atomic E-state index is 0.102. The molecule has 0 aromatic rings. The number of carbonyl (C=O) groups excluding carboxylic acids is 1. The zero-order valence-corrected chi connectivity index (χ0v) is 15.4. The molecule has 124 valence electrons. The van der Waals surface area contributed by atoms with E-state index in [1.165, 1.54) is 17.7 Å². The third kappa shape index (κ3) is 5.56. The summed E-state index contributed by atoms with van der Waals surface area (Å²) in [5.41, 5.74) is 1.93. The van der Waals surface area contributed by atoms with Gasteiger partial charge in [-0.25, -0.2) is 0 Å². The summed E-state index contributed by atoms with van der Waals surface area (Å²) in [7, 11) is 0. The molecule has 1 aliphatic rings. The van der Waals surface area contributed by atoms with Gasteiger partial charge in [0.1, 0.15) is 0 Å². The maximum atomic E-state index is 12.2. The number of hydrogen-bond donors (Lipinski definition) is 1. The minimum Gasteiger partial charge on any atom is -0.364 e. The Labute approximate surface area is 139 Å². The summed E-state index contributed by atoms with van der Waals surface area (Å²) >= 11 is 1.80. The van der Waals surface area contributed by atoms with Gasteiger partial charge in [0.25, 0.3) is 0 Å². The second kappa shape index (κ2) is 9.09. The molecule has 0 aliphatic heterocycles. The summed E-state index contributed by atoms with van der Waals surface area (Å²) in [6.45, 7) is 14.7. The summed E-state index contributed by atoms with van der Waals surface area (Å²) in [6.07, 6.45) is 6.22. The molecule has 1 rings (SSSR count). The standard InChI is InChI=1S/C18H30N2OS/c1-7-19-15(5)18(11-14(4)22-8-2)20(16(6)21)12-17-9-13(3)10-17/h7,11,13,17,19H,1,8-10,12H2,2-6H3/b14-11-,18-15-. The van der Waals surface area contributed by atoms with Gasteiger partial charge in [-0.15, -0.1) is 11.8 Å². The highest BCUT2D eigenvalue weighted by Crippen LogP contribution is 2.34. The average molecular weight is 323 g/mol. The maximum absolute atomic E-state index is 12.2. The monoisotopic (exact) mass is 322 g/mol. The van der Waals surface area contributed by atoms with Gasteiger partial charge in [0.2, 0.25) is 5.91 Å². The van der Waals surface area contributed by atoms with E-state index >= 15 is 0 Å². The zero-order valence-electron chi connectivity index (χ0n) is 14.6. The van der Waals surface area contributed by atoms with Crippen LogP contribution in [0.1, 0.15) is 47.5 Å². The van der Waals surface area contributed by atoms with Crippen LogP contribution in [0.5, 0.6) is 0 Å². The lowest BCUT2D eigenvalue weighted by atomic mass is 9.76. The average Bonchev–Trinajstić information content (AvgIpc) is 2.40. The van der Waals surface area contributed by atoms with E-state index in [-0.39, 0.29) is 5.91 Å². The Morgan fingerprint density at radius 2 is 2.00 bits per heavy atom. The molecule has 1 fully saturated rings. The van der Waals surface area contributed by atoms with Crippen LogP contribution < -0.4 is 5.32 Å². The summed E-state index contributed by atoms with van der Waals surface area (Å²) in [5, 5.41) is 3.14. The lowest BCUT2D eigenvalue weighted by molar-refractivity contribution is -0.127. The van der Waals surface area contributed by atoms with Gasteiger partial charge >= 0.3 is 0 Å². The van der Waals surface area contributed by atoms with Crippen molar-refractivity contribution in [3.63, 3.8) is 0 Å². The summed E-state index contributed by atoms with van der Waals surface area (Å²) in [6, 6.07) is 0. The SMILES string of the molecule is C=CN/C(C)=C(/C=C(/C)SCC)N(CC1CC(C)C1)C(C)=O. The molecule has 4 heteroatoms. The van der Waals surface area contributed by atoms with Gasteiger partial charge in [-0.1, -0.05) is 20.4 Å². The lowest BCUT2D eigenvalue weighted by Gasteiger charge is -2.37. The molecule has 0 radical (unpaired) electrons. The van der Waals surface area contributed by atoms with E-state index in [4.69, 9.17) is 0 Å². The van der Waals surface area contributed by atoms with Crippen LogP contribution in [0, 0.1) is 11.8 Å².